The number of carbonyl (C=O) groups excluding carboxylic acids is 1. The fourth-order valence-electron chi connectivity index (χ4n) is 3.46. The lowest BCUT2D eigenvalue weighted by Gasteiger charge is -2.24. The summed E-state index contributed by atoms with van der Waals surface area (Å²) in [6.45, 7) is 2.01. The Morgan fingerprint density at radius 2 is 2.11 bits per heavy atom. The molecule has 0 heterocycles. The van der Waals surface area contributed by atoms with Gasteiger partial charge in [-0.05, 0) is 37.5 Å². The van der Waals surface area contributed by atoms with Crippen molar-refractivity contribution in [2.45, 2.75) is 64.0 Å². The first kappa shape index (κ1) is 14.2. The van der Waals surface area contributed by atoms with Crippen LogP contribution < -0.4 is 10.6 Å². The van der Waals surface area contributed by atoms with Crippen molar-refractivity contribution in [3.63, 3.8) is 0 Å². The standard InChI is InChI=1S/C14H24N2O3/c1-2-3-4-11(13(17)18)15-14(19)16-12-8-9-5-6-10(12)7-9/h9-12H,2-8H2,1H3,(H,17,18)(H2,15,16,19). The van der Waals surface area contributed by atoms with Crippen molar-refractivity contribution in [1.29, 1.82) is 0 Å². The number of hydrogen-bond donors (Lipinski definition) is 3. The van der Waals surface area contributed by atoms with Gasteiger partial charge < -0.3 is 15.7 Å². The summed E-state index contributed by atoms with van der Waals surface area (Å²) in [7, 11) is 0. The van der Waals surface area contributed by atoms with E-state index in [1.54, 1.807) is 0 Å². The summed E-state index contributed by atoms with van der Waals surface area (Å²) in [5.74, 6) is 0.428. The van der Waals surface area contributed by atoms with Gasteiger partial charge in [-0.3, -0.25) is 0 Å². The first-order valence-electron chi connectivity index (χ1n) is 7.40. The minimum atomic E-state index is -0.948. The highest BCUT2D eigenvalue weighted by Crippen LogP contribution is 2.44. The van der Waals surface area contributed by atoms with E-state index in [0.29, 0.717) is 12.3 Å². The van der Waals surface area contributed by atoms with Gasteiger partial charge in [-0.1, -0.05) is 26.2 Å². The van der Waals surface area contributed by atoms with Crippen LogP contribution in [-0.2, 0) is 4.79 Å². The van der Waals surface area contributed by atoms with E-state index in [1.165, 1.54) is 19.3 Å². The molecule has 5 nitrogen and oxygen atoms in total. The van der Waals surface area contributed by atoms with Crippen LogP contribution in [0, 0.1) is 11.8 Å². The summed E-state index contributed by atoms with van der Waals surface area (Å²) in [5.41, 5.74) is 0. The molecule has 2 rings (SSSR count). The lowest BCUT2D eigenvalue weighted by Crippen LogP contribution is -2.50. The van der Waals surface area contributed by atoms with Crippen molar-refractivity contribution in [1.82, 2.24) is 10.6 Å². The van der Waals surface area contributed by atoms with E-state index in [2.05, 4.69) is 10.6 Å². The van der Waals surface area contributed by atoms with Gasteiger partial charge in [0.15, 0.2) is 0 Å². The Morgan fingerprint density at radius 1 is 1.32 bits per heavy atom. The van der Waals surface area contributed by atoms with Gasteiger partial charge >= 0.3 is 12.0 Å². The second-order valence-electron chi connectivity index (χ2n) is 5.93. The quantitative estimate of drug-likeness (QED) is 0.690. The summed E-state index contributed by atoms with van der Waals surface area (Å²) >= 11 is 0. The van der Waals surface area contributed by atoms with Gasteiger partial charge in [0.25, 0.3) is 0 Å². The van der Waals surface area contributed by atoms with Gasteiger partial charge in [-0.25, -0.2) is 9.59 Å². The van der Waals surface area contributed by atoms with Crippen LogP contribution in [0.2, 0.25) is 0 Å². The second kappa shape index (κ2) is 6.26. The molecule has 0 saturated heterocycles. The molecule has 3 N–H and O–H groups in total. The highest BCUT2D eigenvalue weighted by Gasteiger charge is 2.40. The highest BCUT2D eigenvalue weighted by atomic mass is 16.4. The normalized spacial score (nSPS) is 30.1. The predicted octanol–water partition coefficient (Wildman–Crippen LogP) is 2.12. The molecular weight excluding hydrogens is 244 g/mol. The van der Waals surface area contributed by atoms with E-state index in [1.807, 2.05) is 6.92 Å². The molecule has 108 valence electrons. The lowest BCUT2D eigenvalue weighted by atomic mass is 9.95. The maximum absolute atomic E-state index is 11.9. The number of carboxylic acid groups (broad SMARTS) is 1. The third-order valence-electron chi connectivity index (χ3n) is 4.50. The third-order valence-corrected chi connectivity index (χ3v) is 4.50. The Labute approximate surface area is 114 Å². The maximum Gasteiger partial charge on any atom is 0.326 e. The van der Waals surface area contributed by atoms with Crippen molar-refractivity contribution >= 4 is 12.0 Å². The van der Waals surface area contributed by atoms with Crippen LogP contribution in [-0.4, -0.2) is 29.2 Å². The Kier molecular flexibility index (Phi) is 4.66. The SMILES string of the molecule is CCCCC(NC(=O)NC1CC2CCC1C2)C(=O)O. The van der Waals surface area contributed by atoms with Crippen LogP contribution >= 0.6 is 0 Å². The van der Waals surface area contributed by atoms with Crippen LogP contribution in [0.5, 0.6) is 0 Å². The number of hydrogen-bond acceptors (Lipinski definition) is 2. The van der Waals surface area contributed by atoms with Crippen molar-refractivity contribution < 1.29 is 14.7 Å². The molecule has 19 heavy (non-hydrogen) atoms. The van der Waals surface area contributed by atoms with Crippen LogP contribution in [0.15, 0.2) is 0 Å². The Balaban J connectivity index is 1.77. The van der Waals surface area contributed by atoms with E-state index < -0.39 is 12.0 Å². The van der Waals surface area contributed by atoms with E-state index in [-0.39, 0.29) is 12.1 Å². The average Bonchev–Trinajstić information content (AvgIpc) is 2.96. The average molecular weight is 268 g/mol. The Bertz CT molecular complexity index is 346. The maximum atomic E-state index is 11.9. The number of carboxylic acids is 1. The Morgan fingerprint density at radius 3 is 2.63 bits per heavy atom. The number of urea groups is 1. The summed E-state index contributed by atoms with van der Waals surface area (Å²) < 4.78 is 0. The number of rotatable bonds is 6. The van der Waals surface area contributed by atoms with E-state index in [4.69, 9.17) is 5.11 Å². The molecule has 2 amide bonds. The van der Waals surface area contributed by atoms with Gasteiger partial charge in [0.2, 0.25) is 0 Å². The molecule has 2 aliphatic rings. The molecule has 2 fully saturated rings. The van der Waals surface area contributed by atoms with Gasteiger partial charge in [0.1, 0.15) is 6.04 Å². The molecular formula is C14H24N2O3. The number of carbonyl (C=O) groups is 2. The zero-order valence-electron chi connectivity index (χ0n) is 11.5. The summed E-state index contributed by atoms with van der Waals surface area (Å²) in [4.78, 5) is 22.9. The van der Waals surface area contributed by atoms with Crippen molar-refractivity contribution in [3.05, 3.63) is 0 Å². The van der Waals surface area contributed by atoms with Gasteiger partial charge in [0, 0.05) is 6.04 Å². The van der Waals surface area contributed by atoms with Gasteiger partial charge in [-0.2, -0.15) is 0 Å². The molecule has 0 aliphatic heterocycles. The molecule has 0 aromatic heterocycles. The third kappa shape index (κ3) is 3.61. The largest absolute Gasteiger partial charge is 0.480 e. The molecule has 2 bridgehead atoms. The molecule has 0 aromatic carbocycles. The van der Waals surface area contributed by atoms with E-state index in [9.17, 15) is 9.59 Å². The summed E-state index contributed by atoms with van der Waals surface area (Å²) in [6, 6.07) is -0.834. The molecule has 0 radical (unpaired) electrons. The summed E-state index contributed by atoms with van der Waals surface area (Å²) in [5, 5.41) is 14.6. The van der Waals surface area contributed by atoms with Gasteiger partial charge in [-0.15, -0.1) is 0 Å². The first-order chi connectivity index (χ1) is 9.10. The van der Waals surface area contributed by atoms with E-state index in [0.717, 1.165) is 25.2 Å². The van der Waals surface area contributed by atoms with Crippen LogP contribution in [0.25, 0.3) is 0 Å². The number of nitrogens with one attached hydrogen (secondary N) is 2. The monoisotopic (exact) mass is 268 g/mol. The molecule has 2 saturated carbocycles. The smallest absolute Gasteiger partial charge is 0.326 e. The molecule has 4 unspecified atom stereocenters. The van der Waals surface area contributed by atoms with Crippen LogP contribution in [0.4, 0.5) is 4.79 Å². The molecule has 0 aromatic rings. The summed E-state index contributed by atoms with van der Waals surface area (Å²) in [6.07, 6.45) is 7.02. The fraction of sp³-hybridized carbons (Fsp3) is 0.857. The van der Waals surface area contributed by atoms with Crippen molar-refractivity contribution in [3.8, 4) is 0 Å². The lowest BCUT2D eigenvalue weighted by molar-refractivity contribution is -0.139. The van der Waals surface area contributed by atoms with E-state index >= 15 is 0 Å². The zero-order chi connectivity index (χ0) is 13.8. The topological polar surface area (TPSA) is 78.4 Å². The first-order valence-corrected chi connectivity index (χ1v) is 7.40. The van der Waals surface area contributed by atoms with Crippen molar-refractivity contribution in [2.75, 3.05) is 0 Å². The molecule has 0 spiro atoms. The fourth-order valence-corrected chi connectivity index (χ4v) is 3.46. The zero-order valence-corrected chi connectivity index (χ0v) is 11.5. The van der Waals surface area contributed by atoms with Crippen LogP contribution in [0.1, 0.15) is 51.9 Å². The number of amides is 2. The minimum absolute atomic E-state index is 0.249. The number of unbranched alkanes of at least 4 members (excludes halogenated alkanes) is 1. The number of fused-ring (bicyclic) bond motifs is 2. The Hall–Kier alpha value is -1.26. The highest BCUT2D eigenvalue weighted by molar-refractivity contribution is 5.82. The number of aliphatic carboxylic acids is 1. The van der Waals surface area contributed by atoms with Gasteiger partial charge in [0.05, 0.1) is 0 Å². The molecule has 4 atom stereocenters. The van der Waals surface area contributed by atoms with Crippen LogP contribution in [0.3, 0.4) is 0 Å². The minimum Gasteiger partial charge on any atom is -0.480 e. The predicted molar refractivity (Wildman–Crippen MR) is 71.9 cm³/mol. The molecule has 2 aliphatic carbocycles. The van der Waals surface area contributed by atoms with Crippen molar-refractivity contribution in [2.24, 2.45) is 11.8 Å². The second-order valence-corrected chi connectivity index (χ2v) is 5.93. The molecule has 5 heteroatoms.